The number of benzene rings is 1. The third-order valence-electron chi connectivity index (χ3n) is 4.55. The van der Waals surface area contributed by atoms with E-state index in [-0.39, 0.29) is 11.9 Å². The lowest BCUT2D eigenvalue weighted by atomic mass is 9.87. The van der Waals surface area contributed by atoms with Gasteiger partial charge in [0.2, 0.25) is 5.91 Å². The molecule has 3 nitrogen and oxygen atoms in total. The van der Waals surface area contributed by atoms with E-state index >= 15 is 0 Å². The van der Waals surface area contributed by atoms with Crippen molar-refractivity contribution in [2.45, 2.75) is 51.0 Å². The first-order valence-electron chi connectivity index (χ1n) is 7.42. The van der Waals surface area contributed by atoms with E-state index in [1.54, 1.807) is 0 Å². The summed E-state index contributed by atoms with van der Waals surface area (Å²) in [4.78, 5) is 11.4. The van der Waals surface area contributed by atoms with E-state index in [0.29, 0.717) is 12.3 Å². The molecule has 1 aromatic rings. The minimum atomic E-state index is 0.0928. The van der Waals surface area contributed by atoms with E-state index in [9.17, 15) is 4.79 Å². The lowest BCUT2D eigenvalue weighted by molar-refractivity contribution is -0.115. The maximum Gasteiger partial charge on any atom is 0.228 e. The SMILES string of the molecule is NC(c1ccc2c(c1)CC(=O)N2)C1CCCCCC1. The molecule has 1 amide bonds. The van der Waals surface area contributed by atoms with E-state index in [1.807, 2.05) is 6.07 Å². The van der Waals surface area contributed by atoms with Gasteiger partial charge in [0.05, 0.1) is 6.42 Å². The molecule has 0 radical (unpaired) electrons. The molecule has 1 heterocycles. The highest BCUT2D eigenvalue weighted by molar-refractivity contribution is 5.99. The molecule has 1 aromatic carbocycles. The highest BCUT2D eigenvalue weighted by atomic mass is 16.1. The van der Waals surface area contributed by atoms with Gasteiger partial charge in [0.25, 0.3) is 0 Å². The zero-order chi connectivity index (χ0) is 13.2. The Balaban J connectivity index is 1.78. The average molecular weight is 258 g/mol. The van der Waals surface area contributed by atoms with E-state index in [2.05, 4.69) is 17.4 Å². The first-order valence-corrected chi connectivity index (χ1v) is 7.42. The number of nitrogens with two attached hydrogens (primary N) is 1. The summed E-state index contributed by atoms with van der Waals surface area (Å²) < 4.78 is 0. The van der Waals surface area contributed by atoms with Crippen LogP contribution >= 0.6 is 0 Å². The smallest absolute Gasteiger partial charge is 0.228 e. The molecule has 1 aliphatic heterocycles. The number of anilines is 1. The molecule has 0 aromatic heterocycles. The normalized spacial score (nSPS) is 21.6. The molecule has 0 spiro atoms. The van der Waals surface area contributed by atoms with Gasteiger partial charge in [-0.1, -0.05) is 37.8 Å². The van der Waals surface area contributed by atoms with Crippen LogP contribution in [0.2, 0.25) is 0 Å². The monoisotopic (exact) mass is 258 g/mol. The molecule has 3 N–H and O–H groups in total. The number of amides is 1. The summed E-state index contributed by atoms with van der Waals surface area (Å²) in [5, 5.41) is 2.87. The van der Waals surface area contributed by atoms with Crippen molar-refractivity contribution in [1.29, 1.82) is 0 Å². The molecule has 2 aliphatic rings. The summed E-state index contributed by atoms with van der Waals surface area (Å²) in [5.41, 5.74) is 9.72. The first-order chi connectivity index (χ1) is 9.24. The maximum absolute atomic E-state index is 11.4. The Bertz CT molecular complexity index is 476. The molecule has 1 aliphatic carbocycles. The summed E-state index contributed by atoms with van der Waals surface area (Å²) in [6.07, 6.45) is 8.32. The van der Waals surface area contributed by atoms with Gasteiger partial charge in [-0.15, -0.1) is 0 Å². The van der Waals surface area contributed by atoms with Crippen LogP contribution in [0.5, 0.6) is 0 Å². The highest BCUT2D eigenvalue weighted by Crippen LogP contribution is 2.34. The molecule has 1 unspecified atom stereocenters. The number of carbonyl (C=O) groups is 1. The minimum Gasteiger partial charge on any atom is -0.326 e. The van der Waals surface area contributed by atoms with Gasteiger partial charge in [0.15, 0.2) is 0 Å². The van der Waals surface area contributed by atoms with E-state index in [4.69, 9.17) is 5.73 Å². The van der Waals surface area contributed by atoms with Crippen molar-refractivity contribution in [3.05, 3.63) is 29.3 Å². The van der Waals surface area contributed by atoms with Gasteiger partial charge in [-0.2, -0.15) is 0 Å². The maximum atomic E-state index is 11.4. The molecule has 0 bridgehead atoms. The molecule has 1 atom stereocenters. The molecule has 1 saturated carbocycles. The van der Waals surface area contributed by atoms with Crippen molar-refractivity contribution in [3.8, 4) is 0 Å². The Morgan fingerprint density at radius 2 is 1.89 bits per heavy atom. The van der Waals surface area contributed by atoms with Gasteiger partial charge in [-0.3, -0.25) is 4.79 Å². The van der Waals surface area contributed by atoms with E-state index < -0.39 is 0 Å². The molecular weight excluding hydrogens is 236 g/mol. The molecule has 3 rings (SSSR count). The van der Waals surface area contributed by atoms with Gasteiger partial charge in [-0.25, -0.2) is 0 Å². The zero-order valence-electron chi connectivity index (χ0n) is 11.3. The first kappa shape index (κ1) is 12.7. The lowest BCUT2D eigenvalue weighted by Crippen LogP contribution is -2.21. The summed E-state index contributed by atoms with van der Waals surface area (Å²) in [6.45, 7) is 0. The summed E-state index contributed by atoms with van der Waals surface area (Å²) in [7, 11) is 0. The molecule has 0 saturated heterocycles. The van der Waals surface area contributed by atoms with E-state index in [1.165, 1.54) is 44.1 Å². The van der Waals surface area contributed by atoms with Crippen molar-refractivity contribution in [3.63, 3.8) is 0 Å². The Hall–Kier alpha value is -1.35. The molecular formula is C16H22N2O. The van der Waals surface area contributed by atoms with Crippen LogP contribution < -0.4 is 11.1 Å². The van der Waals surface area contributed by atoms with E-state index in [0.717, 1.165) is 11.3 Å². The lowest BCUT2D eigenvalue weighted by Gasteiger charge is -2.23. The number of rotatable bonds is 2. The summed E-state index contributed by atoms with van der Waals surface area (Å²) in [6, 6.07) is 6.34. The van der Waals surface area contributed by atoms with Crippen LogP contribution in [0.3, 0.4) is 0 Å². The van der Waals surface area contributed by atoms with Crippen LogP contribution in [0.4, 0.5) is 5.69 Å². The van der Waals surface area contributed by atoms with Crippen LogP contribution in [0.15, 0.2) is 18.2 Å². The van der Waals surface area contributed by atoms with Crippen LogP contribution in [0.1, 0.15) is 55.7 Å². The van der Waals surface area contributed by atoms with Gasteiger partial charge in [-0.05, 0) is 36.0 Å². The molecule has 102 valence electrons. The topological polar surface area (TPSA) is 55.1 Å². The Morgan fingerprint density at radius 3 is 2.63 bits per heavy atom. The average Bonchev–Trinajstić information content (AvgIpc) is 2.63. The highest BCUT2D eigenvalue weighted by Gasteiger charge is 2.23. The predicted octanol–water partition coefficient (Wildman–Crippen LogP) is 3.15. The third-order valence-corrected chi connectivity index (χ3v) is 4.55. The fourth-order valence-electron chi connectivity index (χ4n) is 3.40. The van der Waals surface area contributed by atoms with Gasteiger partial charge >= 0.3 is 0 Å². The second-order valence-electron chi connectivity index (χ2n) is 5.92. The number of nitrogens with one attached hydrogen (secondary N) is 1. The van der Waals surface area contributed by atoms with Crippen molar-refractivity contribution < 1.29 is 4.79 Å². The van der Waals surface area contributed by atoms with Gasteiger partial charge in [0.1, 0.15) is 0 Å². The standard InChI is InChI=1S/C16H22N2O/c17-16(11-5-3-1-2-4-6-11)12-7-8-14-13(9-12)10-15(19)18-14/h7-9,11,16H,1-6,10,17H2,(H,18,19). The van der Waals surface area contributed by atoms with Crippen molar-refractivity contribution in [2.24, 2.45) is 11.7 Å². The summed E-state index contributed by atoms with van der Waals surface area (Å²) in [5.74, 6) is 0.695. The Labute approximate surface area is 114 Å². The minimum absolute atomic E-state index is 0.0928. The van der Waals surface area contributed by atoms with Crippen LogP contribution in [-0.2, 0) is 11.2 Å². The molecule has 3 heteroatoms. The number of fused-ring (bicyclic) bond motifs is 1. The number of hydrogen-bond acceptors (Lipinski definition) is 2. The van der Waals surface area contributed by atoms with Crippen molar-refractivity contribution >= 4 is 11.6 Å². The van der Waals surface area contributed by atoms with Crippen LogP contribution in [0, 0.1) is 5.92 Å². The van der Waals surface area contributed by atoms with Gasteiger partial charge in [0, 0.05) is 11.7 Å². The molecule has 19 heavy (non-hydrogen) atoms. The van der Waals surface area contributed by atoms with Crippen molar-refractivity contribution in [1.82, 2.24) is 0 Å². The van der Waals surface area contributed by atoms with Crippen LogP contribution in [-0.4, -0.2) is 5.91 Å². The summed E-state index contributed by atoms with van der Waals surface area (Å²) >= 11 is 0. The number of hydrogen-bond donors (Lipinski definition) is 2. The van der Waals surface area contributed by atoms with Crippen molar-refractivity contribution in [2.75, 3.05) is 5.32 Å². The van der Waals surface area contributed by atoms with Gasteiger partial charge < -0.3 is 11.1 Å². The number of carbonyl (C=O) groups excluding carboxylic acids is 1. The van der Waals surface area contributed by atoms with Crippen LogP contribution in [0.25, 0.3) is 0 Å². The third kappa shape index (κ3) is 2.66. The largest absolute Gasteiger partial charge is 0.326 e. The predicted molar refractivity (Wildman–Crippen MR) is 76.9 cm³/mol. The second-order valence-corrected chi connectivity index (χ2v) is 5.92. The zero-order valence-corrected chi connectivity index (χ0v) is 11.3. The fourth-order valence-corrected chi connectivity index (χ4v) is 3.40. The Morgan fingerprint density at radius 1 is 1.16 bits per heavy atom. The molecule has 1 fully saturated rings. The Kier molecular flexibility index (Phi) is 3.56. The second kappa shape index (κ2) is 5.33. The quantitative estimate of drug-likeness (QED) is 0.801. The fraction of sp³-hybridized carbons (Fsp3) is 0.562.